The minimum Gasteiger partial charge on any atom is -0.624 e. The van der Waals surface area contributed by atoms with E-state index in [1.165, 1.54) is 18.3 Å². The van der Waals surface area contributed by atoms with Crippen molar-refractivity contribution < 1.29 is 14.2 Å². The molecule has 3 rings (SSSR count). The van der Waals surface area contributed by atoms with Crippen LogP contribution in [0.4, 0.5) is 4.39 Å². The molecule has 0 saturated heterocycles. The van der Waals surface area contributed by atoms with E-state index in [0.29, 0.717) is 24.0 Å². The molecule has 0 atom stereocenters. The second-order valence-corrected chi connectivity index (χ2v) is 6.41. The molecular weight excluding hydrogens is 317 g/mol. The maximum atomic E-state index is 13.6. The lowest BCUT2D eigenvalue weighted by Gasteiger charge is -2.13. The van der Waals surface area contributed by atoms with Gasteiger partial charge in [0.05, 0.1) is 5.56 Å². The zero-order valence-electron chi connectivity index (χ0n) is 13.9. The maximum absolute atomic E-state index is 13.6. The first-order chi connectivity index (χ1) is 12.0. The Bertz CT molecular complexity index is 828. The number of nitrogens with zero attached hydrogens (tertiary/aromatic N) is 1. The molecule has 1 aliphatic rings. The molecule has 2 aromatic carbocycles. The highest BCUT2D eigenvalue weighted by molar-refractivity contribution is 5.80. The van der Waals surface area contributed by atoms with E-state index in [0.717, 1.165) is 23.1 Å². The van der Waals surface area contributed by atoms with E-state index < -0.39 is 11.4 Å². The lowest BCUT2D eigenvalue weighted by atomic mass is 10.0. The van der Waals surface area contributed by atoms with Crippen molar-refractivity contribution in [3.63, 3.8) is 0 Å². The summed E-state index contributed by atoms with van der Waals surface area (Å²) >= 11 is 0. The summed E-state index contributed by atoms with van der Waals surface area (Å²) in [5.41, 5.74) is 0.862. The van der Waals surface area contributed by atoms with Crippen molar-refractivity contribution in [1.82, 2.24) is 0 Å². The van der Waals surface area contributed by atoms with Gasteiger partial charge in [-0.15, -0.1) is 0 Å². The van der Waals surface area contributed by atoms with Gasteiger partial charge in [0.2, 0.25) is 0 Å². The first-order valence-corrected chi connectivity index (χ1v) is 8.42. The zero-order chi connectivity index (χ0) is 17.7. The summed E-state index contributed by atoms with van der Waals surface area (Å²) in [5.74, 6) is 5.40. The molecule has 1 N–H and O–H groups in total. The third-order valence-electron chi connectivity index (χ3n) is 4.34. The summed E-state index contributed by atoms with van der Waals surface area (Å²) in [4.78, 5) is 0. The third-order valence-corrected chi connectivity index (χ3v) is 4.34. The van der Waals surface area contributed by atoms with Crippen LogP contribution < -0.4 is 0 Å². The number of hydrogen-bond acceptors (Lipinski definition) is 2. The van der Waals surface area contributed by atoms with Crippen LogP contribution in [0.25, 0.3) is 0 Å². The summed E-state index contributed by atoms with van der Waals surface area (Å²) in [7, 11) is 0. The van der Waals surface area contributed by atoms with Crippen LogP contribution in [0.5, 0.6) is 0 Å². The van der Waals surface area contributed by atoms with Gasteiger partial charge in [-0.1, -0.05) is 42.2 Å². The molecule has 0 amide bonds. The van der Waals surface area contributed by atoms with E-state index >= 15 is 0 Å². The maximum Gasteiger partial charge on any atom is 0.183 e. The van der Waals surface area contributed by atoms with E-state index in [1.54, 1.807) is 6.07 Å². The number of aliphatic hydroxyl groups is 1. The Kier molecular flexibility index (Phi) is 5.16. The average molecular weight is 337 g/mol. The van der Waals surface area contributed by atoms with Gasteiger partial charge < -0.3 is 10.3 Å². The van der Waals surface area contributed by atoms with Crippen LogP contribution in [0.2, 0.25) is 0 Å². The molecule has 1 aliphatic carbocycles. The van der Waals surface area contributed by atoms with Crippen LogP contribution in [-0.2, 0) is 6.54 Å². The van der Waals surface area contributed by atoms with Crippen molar-refractivity contribution >= 4 is 6.21 Å². The molecule has 0 spiro atoms. The Balaban J connectivity index is 1.86. The minimum absolute atomic E-state index is 0.175. The second kappa shape index (κ2) is 7.50. The van der Waals surface area contributed by atoms with Gasteiger partial charge in [-0.25, -0.2) is 9.13 Å². The predicted molar refractivity (Wildman–Crippen MR) is 95.6 cm³/mol. The van der Waals surface area contributed by atoms with Crippen molar-refractivity contribution in [2.75, 3.05) is 0 Å². The highest BCUT2D eigenvalue weighted by Crippen LogP contribution is 2.28. The van der Waals surface area contributed by atoms with E-state index in [-0.39, 0.29) is 6.54 Å². The second-order valence-electron chi connectivity index (χ2n) is 6.41. The highest BCUT2D eigenvalue weighted by atomic mass is 19.1. The van der Waals surface area contributed by atoms with Crippen molar-refractivity contribution in [3.8, 4) is 11.8 Å². The molecule has 0 heterocycles. The number of benzene rings is 2. The monoisotopic (exact) mass is 337 g/mol. The Morgan fingerprint density at radius 2 is 1.88 bits per heavy atom. The molecule has 0 unspecified atom stereocenters. The molecule has 3 nitrogen and oxygen atoms in total. The van der Waals surface area contributed by atoms with Crippen LogP contribution in [0.1, 0.15) is 42.4 Å². The molecule has 0 radical (unpaired) electrons. The summed E-state index contributed by atoms with van der Waals surface area (Å²) in [6, 6.07) is 13.5. The minimum atomic E-state index is -0.965. The van der Waals surface area contributed by atoms with Gasteiger partial charge in [0.1, 0.15) is 11.4 Å². The topological polar surface area (TPSA) is 46.3 Å². The summed E-state index contributed by atoms with van der Waals surface area (Å²) in [5, 5.41) is 22.6. The molecule has 128 valence electrons. The first-order valence-electron chi connectivity index (χ1n) is 8.42. The van der Waals surface area contributed by atoms with Gasteiger partial charge in [-0.3, -0.25) is 0 Å². The van der Waals surface area contributed by atoms with Crippen molar-refractivity contribution in [2.45, 2.75) is 37.8 Å². The Morgan fingerprint density at radius 1 is 1.16 bits per heavy atom. The molecule has 4 heteroatoms. The van der Waals surface area contributed by atoms with E-state index in [2.05, 4.69) is 11.8 Å². The van der Waals surface area contributed by atoms with E-state index in [4.69, 9.17) is 0 Å². The Morgan fingerprint density at radius 3 is 2.60 bits per heavy atom. The molecular formula is C21H20FNO2. The van der Waals surface area contributed by atoms with Crippen LogP contribution in [0.15, 0.2) is 48.5 Å². The number of hydroxylamine groups is 1. The number of halogens is 1. The highest BCUT2D eigenvalue weighted by Gasteiger charge is 2.28. The fraction of sp³-hybridized carbons (Fsp3) is 0.286. The summed E-state index contributed by atoms with van der Waals surface area (Å²) in [6.45, 7) is 0.175. The third kappa shape index (κ3) is 4.68. The van der Waals surface area contributed by atoms with Gasteiger partial charge in [-0.2, -0.15) is 0 Å². The molecule has 0 aromatic heterocycles. The summed E-state index contributed by atoms with van der Waals surface area (Å²) in [6.07, 6.45) is 4.57. The largest absolute Gasteiger partial charge is 0.624 e. The molecule has 0 bridgehead atoms. The molecule has 1 fully saturated rings. The van der Waals surface area contributed by atoms with Crippen molar-refractivity contribution in [2.24, 2.45) is 0 Å². The molecule has 2 aromatic rings. The fourth-order valence-corrected chi connectivity index (χ4v) is 2.99. The smallest absolute Gasteiger partial charge is 0.183 e. The van der Waals surface area contributed by atoms with Gasteiger partial charge in [-0.05, 0) is 43.9 Å². The zero-order valence-corrected chi connectivity index (χ0v) is 13.9. The van der Waals surface area contributed by atoms with Crippen LogP contribution in [-0.4, -0.2) is 21.7 Å². The van der Waals surface area contributed by atoms with Crippen molar-refractivity contribution in [3.05, 3.63) is 76.2 Å². The van der Waals surface area contributed by atoms with Gasteiger partial charge in [0.15, 0.2) is 12.8 Å². The normalized spacial score (nSPS) is 16.3. The van der Waals surface area contributed by atoms with Gasteiger partial charge >= 0.3 is 0 Å². The fourth-order valence-electron chi connectivity index (χ4n) is 2.99. The quantitative estimate of drug-likeness (QED) is 0.306. The van der Waals surface area contributed by atoms with E-state index in [9.17, 15) is 14.7 Å². The lowest BCUT2D eigenvalue weighted by Crippen LogP contribution is -2.20. The van der Waals surface area contributed by atoms with E-state index in [1.807, 2.05) is 30.3 Å². The summed E-state index contributed by atoms with van der Waals surface area (Å²) < 4.78 is 14.4. The Labute approximate surface area is 147 Å². The SMILES string of the molecule is [O-]/[N+](=C\c1cc(F)ccc1C#CC1(O)CCCC1)Cc1ccccc1. The molecule has 25 heavy (non-hydrogen) atoms. The van der Waals surface area contributed by atoms with Gasteiger partial charge in [0.25, 0.3) is 0 Å². The standard InChI is InChI=1S/C21H20FNO2/c22-20-9-8-18(10-13-21(24)11-4-5-12-21)19(14-20)16-23(25)15-17-6-2-1-3-7-17/h1-3,6-9,14,16,24H,4-5,11-12,15H2/b23-16-. The first kappa shape index (κ1) is 17.2. The van der Waals surface area contributed by atoms with Crippen LogP contribution >= 0.6 is 0 Å². The molecule has 0 aliphatic heterocycles. The van der Waals surface area contributed by atoms with Gasteiger partial charge in [0, 0.05) is 11.1 Å². The van der Waals surface area contributed by atoms with Crippen LogP contribution in [0, 0.1) is 22.9 Å². The average Bonchev–Trinajstić information content (AvgIpc) is 3.02. The van der Waals surface area contributed by atoms with Crippen LogP contribution in [0.3, 0.4) is 0 Å². The lowest BCUT2D eigenvalue weighted by molar-refractivity contribution is -0.469. The molecule has 1 saturated carbocycles. The predicted octanol–water partition coefficient (Wildman–Crippen LogP) is 3.61. The van der Waals surface area contributed by atoms with Crippen molar-refractivity contribution in [1.29, 1.82) is 0 Å². The number of rotatable bonds is 3. The number of hydrogen-bond donors (Lipinski definition) is 1. The Hall–Kier alpha value is -2.64.